The van der Waals surface area contributed by atoms with Crippen LogP contribution in [0, 0.1) is 0 Å². The van der Waals surface area contributed by atoms with Gasteiger partial charge in [0.2, 0.25) is 5.88 Å². The third-order valence-corrected chi connectivity index (χ3v) is 4.43. The molecule has 0 aliphatic carbocycles. The van der Waals surface area contributed by atoms with Gasteiger partial charge in [0, 0.05) is 12.7 Å². The third-order valence-electron chi connectivity index (χ3n) is 3.74. The quantitative estimate of drug-likeness (QED) is 0.350. The summed E-state index contributed by atoms with van der Waals surface area (Å²) >= 11 is 1.49. The number of aliphatic hydroxyl groups is 1. The van der Waals surface area contributed by atoms with Gasteiger partial charge in [0.15, 0.2) is 5.96 Å². The summed E-state index contributed by atoms with van der Waals surface area (Å²) < 4.78 is 44.0. The third kappa shape index (κ3) is 6.38. The predicted octanol–water partition coefficient (Wildman–Crippen LogP) is 3.00. The molecule has 28 heavy (non-hydrogen) atoms. The molecule has 0 bridgehead atoms. The Morgan fingerprint density at radius 3 is 2.75 bits per heavy atom. The summed E-state index contributed by atoms with van der Waals surface area (Å²) in [6.45, 7) is 4.44. The SMILES string of the molecule is CCNC(=NCC(C)(O)c1ccsc1)NCCOc1ncccc1C(F)(F)F. The van der Waals surface area contributed by atoms with E-state index in [1.54, 1.807) is 6.92 Å². The molecule has 154 valence electrons. The zero-order chi connectivity index (χ0) is 20.6. The summed E-state index contributed by atoms with van der Waals surface area (Å²) in [5.41, 5.74) is -1.26. The lowest BCUT2D eigenvalue weighted by molar-refractivity contribution is -0.139. The van der Waals surface area contributed by atoms with Gasteiger partial charge in [0.1, 0.15) is 17.8 Å². The molecule has 6 nitrogen and oxygen atoms in total. The second-order valence-electron chi connectivity index (χ2n) is 6.11. The van der Waals surface area contributed by atoms with Crippen molar-refractivity contribution in [3.8, 4) is 5.88 Å². The minimum absolute atomic E-state index is 0.0363. The molecule has 1 unspecified atom stereocenters. The number of thiophene rings is 1. The van der Waals surface area contributed by atoms with Crippen molar-refractivity contribution in [2.75, 3.05) is 26.2 Å². The van der Waals surface area contributed by atoms with Crippen LogP contribution in [0.3, 0.4) is 0 Å². The highest BCUT2D eigenvalue weighted by Crippen LogP contribution is 2.34. The van der Waals surface area contributed by atoms with Crippen LogP contribution in [-0.4, -0.2) is 42.3 Å². The number of alkyl halides is 3. The lowest BCUT2D eigenvalue weighted by atomic mass is 10.00. The molecule has 0 radical (unpaired) electrons. The van der Waals surface area contributed by atoms with Crippen molar-refractivity contribution in [3.63, 3.8) is 0 Å². The van der Waals surface area contributed by atoms with E-state index in [0.29, 0.717) is 12.5 Å². The van der Waals surface area contributed by atoms with E-state index >= 15 is 0 Å². The number of halogens is 3. The van der Waals surface area contributed by atoms with Gasteiger partial charge in [0.25, 0.3) is 0 Å². The number of rotatable bonds is 8. The molecule has 0 fully saturated rings. The molecule has 0 amide bonds. The van der Waals surface area contributed by atoms with Crippen LogP contribution in [0.2, 0.25) is 0 Å². The molecule has 10 heteroatoms. The van der Waals surface area contributed by atoms with Gasteiger partial charge in [-0.15, -0.1) is 0 Å². The van der Waals surface area contributed by atoms with Crippen molar-refractivity contribution in [2.24, 2.45) is 4.99 Å². The molecular weight excluding hydrogens is 393 g/mol. The van der Waals surface area contributed by atoms with Crippen molar-refractivity contribution < 1.29 is 23.0 Å². The number of hydrogen-bond donors (Lipinski definition) is 3. The fourth-order valence-corrected chi connectivity index (χ4v) is 3.06. The fourth-order valence-electron chi connectivity index (χ4n) is 2.28. The fraction of sp³-hybridized carbons (Fsp3) is 0.444. The van der Waals surface area contributed by atoms with Crippen LogP contribution >= 0.6 is 11.3 Å². The minimum Gasteiger partial charge on any atom is -0.475 e. The van der Waals surface area contributed by atoms with E-state index < -0.39 is 23.2 Å². The average molecular weight is 416 g/mol. The molecule has 2 heterocycles. The summed E-state index contributed by atoms with van der Waals surface area (Å²) in [5, 5.41) is 20.2. The summed E-state index contributed by atoms with van der Waals surface area (Å²) in [6.07, 6.45) is -3.28. The number of pyridine rings is 1. The van der Waals surface area contributed by atoms with E-state index in [4.69, 9.17) is 4.74 Å². The Labute approximate surface area is 165 Å². The number of nitrogens with one attached hydrogen (secondary N) is 2. The van der Waals surface area contributed by atoms with Crippen LogP contribution in [0.4, 0.5) is 13.2 Å². The number of aliphatic imine (C=N–C) groups is 1. The Balaban J connectivity index is 1.90. The topological polar surface area (TPSA) is 78.8 Å². The van der Waals surface area contributed by atoms with E-state index in [0.717, 1.165) is 11.6 Å². The Hall–Kier alpha value is -2.33. The van der Waals surface area contributed by atoms with Gasteiger partial charge in [0.05, 0.1) is 13.1 Å². The standard InChI is InChI=1S/C18H23F3N4O2S/c1-3-22-16(25-12-17(2,26)13-6-10-28-11-13)24-8-9-27-15-14(18(19,20)21)5-4-7-23-15/h4-7,10-11,26H,3,8-9,12H2,1-2H3,(H2,22,24,25). The van der Waals surface area contributed by atoms with Crippen molar-refractivity contribution in [1.29, 1.82) is 0 Å². The molecule has 2 rings (SSSR count). The Kier molecular flexibility index (Phi) is 7.64. The highest BCUT2D eigenvalue weighted by atomic mass is 32.1. The van der Waals surface area contributed by atoms with Crippen molar-refractivity contribution in [1.82, 2.24) is 15.6 Å². The average Bonchev–Trinajstić information content (AvgIpc) is 3.18. The normalized spacial score (nSPS) is 14.4. The van der Waals surface area contributed by atoms with Gasteiger partial charge >= 0.3 is 6.18 Å². The summed E-state index contributed by atoms with van der Waals surface area (Å²) in [6, 6.07) is 3.97. The van der Waals surface area contributed by atoms with Crippen LogP contribution in [0.5, 0.6) is 5.88 Å². The first-order chi connectivity index (χ1) is 13.2. The molecule has 0 aromatic carbocycles. The molecule has 0 saturated heterocycles. The largest absolute Gasteiger partial charge is 0.475 e. The molecule has 1 atom stereocenters. The van der Waals surface area contributed by atoms with Crippen LogP contribution in [0.25, 0.3) is 0 Å². The van der Waals surface area contributed by atoms with Crippen molar-refractivity contribution >= 4 is 17.3 Å². The van der Waals surface area contributed by atoms with E-state index in [2.05, 4.69) is 20.6 Å². The molecule has 0 aliphatic heterocycles. The maximum Gasteiger partial charge on any atom is 0.421 e. The lowest BCUT2D eigenvalue weighted by Gasteiger charge is -2.21. The first-order valence-corrected chi connectivity index (χ1v) is 9.60. The van der Waals surface area contributed by atoms with Gasteiger partial charge in [-0.25, -0.2) is 9.98 Å². The van der Waals surface area contributed by atoms with Crippen LogP contribution in [0.1, 0.15) is 25.0 Å². The monoisotopic (exact) mass is 416 g/mol. The Morgan fingerprint density at radius 1 is 1.32 bits per heavy atom. The van der Waals surface area contributed by atoms with E-state index in [1.165, 1.54) is 23.6 Å². The Bertz CT molecular complexity index is 764. The summed E-state index contributed by atoms with van der Waals surface area (Å²) in [7, 11) is 0. The molecule has 0 aliphatic rings. The van der Waals surface area contributed by atoms with Crippen LogP contribution < -0.4 is 15.4 Å². The van der Waals surface area contributed by atoms with E-state index in [-0.39, 0.29) is 19.7 Å². The molecular formula is C18H23F3N4O2S. The molecule has 2 aromatic rings. The second-order valence-corrected chi connectivity index (χ2v) is 6.89. The first kappa shape index (κ1) is 22.0. The first-order valence-electron chi connectivity index (χ1n) is 8.66. The number of nitrogens with zero attached hydrogens (tertiary/aromatic N) is 2. The zero-order valence-electron chi connectivity index (χ0n) is 15.6. The maximum absolute atomic E-state index is 12.9. The number of ether oxygens (including phenoxy) is 1. The van der Waals surface area contributed by atoms with E-state index in [9.17, 15) is 18.3 Å². The van der Waals surface area contributed by atoms with Gasteiger partial charge in [-0.2, -0.15) is 24.5 Å². The maximum atomic E-state index is 12.9. The highest BCUT2D eigenvalue weighted by molar-refractivity contribution is 7.08. The molecule has 0 spiro atoms. The number of guanidine groups is 1. The zero-order valence-corrected chi connectivity index (χ0v) is 16.4. The van der Waals surface area contributed by atoms with Crippen molar-refractivity contribution in [3.05, 3.63) is 46.3 Å². The van der Waals surface area contributed by atoms with Gasteiger partial charge in [-0.05, 0) is 48.4 Å². The minimum atomic E-state index is -4.53. The molecule has 2 aromatic heterocycles. The Morgan fingerprint density at radius 2 is 2.11 bits per heavy atom. The predicted molar refractivity (Wildman–Crippen MR) is 103 cm³/mol. The lowest BCUT2D eigenvalue weighted by Crippen LogP contribution is -2.40. The molecule has 3 N–H and O–H groups in total. The van der Waals surface area contributed by atoms with Crippen LogP contribution in [-0.2, 0) is 11.8 Å². The number of aromatic nitrogens is 1. The summed E-state index contributed by atoms with van der Waals surface area (Å²) in [5.74, 6) is -0.0298. The van der Waals surface area contributed by atoms with Gasteiger partial charge < -0.3 is 20.5 Å². The number of hydrogen-bond acceptors (Lipinski definition) is 5. The second kappa shape index (κ2) is 9.74. The smallest absolute Gasteiger partial charge is 0.421 e. The summed E-state index contributed by atoms with van der Waals surface area (Å²) in [4.78, 5) is 7.99. The van der Waals surface area contributed by atoms with Gasteiger partial charge in [-0.1, -0.05) is 0 Å². The molecule has 0 saturated carbocycles. The van der Waals surface area contributed by atoms with E-state index in [1.807, 2.05) is 23.8 Å². The van der Waals surface area contributed by atoms with Gasteiger partial charge in [-0.3, -0.25) is 0 Å². The highest BCUT2D eigenvalue weighted by Gasteiger charge is 2.35. The van der Waals surface area contributed by atoms with Crippen LogP contribution in [0.15, 0.2) is 40.1 Å². The van der Waals surface area contributed by atoms with Crippen molar-refractivity contribution in [2.45, 2.75) is 25.6 Å².